The lowest BCUT2D eigenvalue weighted by Gasteiger charge is -2.14. The Morgan fingerprint density at radius 3 is 2.27 bits per heavy atom. The van der Waals surface area contributed by atoms with E-state index in [0.29, 0.717) is 6.54 Å². The zero-order valence-corrected chi connectivity index (χ0v) is 13.0. The number of hydrogen-bond donors (Lipinski definition) is 2. The van der Waals surface area contributed by atoms with Crippen LogP contribution >= 0.6 is 47.8 Å². The molecule has 84 valence electrons. The number of benzene rings is 1. The summed E-state index contributed by atoms with van der Waals surface area (Å²) >= 11 is 10.3. The Kier molecular flexibility index (Phi) is 5.60. The molecule has 1 atom stereocenters. The van der Waals surface area contributed by atoms with Gasteiger partial charge in [-0.1, -0.05) is 22.9 Å². The van der Waals surface area contributed by atoms with E-state index in [9.17, 15) is 5.11 Å². The van der Waals surface area contributed by atoms with Crippen LogP contribution in [0, 0.1) is 0 Å². The SMILES string of the molecule is CCC(O)CNc1c(Br)cc(Br)cc1Br. The molecule has 0 radical (unpaired) electrons. The molecule has 5 heteroatoms. The minimum Gasteiger partial charge on any atom is -0.391 e. The van der Waals surface area contributed by atoms with Gasteiger partial charge in [0.1, 0.15) is 0 Å². The van der Waals surface area contributed by atoms with Crippen LogP contribution in [0.3, 0.4) is 0 Å². The first-order valence-corrected chi connectivity index (χ1v) is 6.99. The van der Waals surface area contributed by atoms with Gasteiger partial charge < -0.3 is 10.4 Å². The van der Waals surface area contributed by atoms with E-state index < -0.39 is 0 Å². The van der Waals surface area contributed by atoms with Crippen molar-refractivity contribution in [2.75, 3.05) is 11.9 Å². The summed E-state index contributed by atoms with van der Waals surface area (Å²) in [6, 6.07) is 3.93. The van der Waals surface area contributed by atoms with Crippen LogP contribution in [0.4, 0.5) is 5.69 Å². The standard InChI is InChI=1S/C10H12Br3NO/c1-2-7(15)5-14-10-8(12)3-6(11)4-9(10)13/h3-4,7,14-15H,2,5H2,1H3. The van der Waals surface area contributed by atoms with Crippen molar-refractivity contribution < 1.29 is 5.11 Å². The summed E-state index contributed by atoms with van der Waals surface area (Å²) in [5.74, 6) is 0. The van der Waals surface area contributed by atoms with Crippen molar-refractivity contribution in [3.8, 4) is 0 Å². The molecular weight excluding hydrogens is 390 g/mol. The topological polar surface area (TPSA) is 32.3 Å². The minimum atomic E-state index is -0.313. The maximum atomic E-state index is 9.45. The normalized spacial score (nSPS) is 12.6. The van der Waals surface area contributed by atoms with Crippen molar-refractivity contribution in [1.82, 2.24) is 0 Å². The molecule has 0 aliphatic carbocycles. The Morgan fingerprint density at radius 2 is 1.80 bits per heavy atom. The summed E-state index contributed by atoms with van der Waals surface area (Å²) in [5, 5.41) is 12.6. The number of halogens is 3. The molecule has 2 nitrogen and oxygen atoms in total. The van der Waals surface area contributed by atoms with Crippen LogP contribution < -0.4 is 5.32 Å². The number of aliphatic hydroxyl groups is 1. The molecule has 0 heterocycles. The number of rotatable bonds is 4. The third-order valence-corrected chi connectivity index (χ3v) is 3.70. The van der Waals surface area contributed by atoms with Crippen molar-refractivity contribution in [3.05, 3.63) is 25.6 Å². The van der Waals surface area contributed by atoms with E-state index in [1.165, 1.54) is 0 Å². The zero-order valence-electron chi connectivity index (χ0n) is 8.23. The average Bonchev–Trinajstić information content (AvgIpc) is 2.15. The lowest BCUT2D eigenvalue weighted by Crippen LogP contribution is -2.18. The number of hydrogen-bond acceptors (Lipinski definition) is 2. The highest BCUT2D eigenvalue weighted by molar-refractivity contribution is 9.11. The molecule has 1 aromatic rings. The van der Waals surface area contributed by atoms with E-state index in [1.807, 2.05) is 19.1 Å². The summed E-state index contributed by atoms with van der Waals surface area (Å²) in [4.78, 5) is 0. The van der Waals surface area contributed by atoms with E-state index in [4.69, 9.17) is 0 Å². The highest BCUT2D eigenvalue weighted by Crippen LogP contribution is 2.34. The fourth-order valence-electron chi connectivity index (χ4n) is 1.08. The first-order chi connectivity index (χ1) is 7.04. The summed E-state index contributed by atoms with van der Waals surface area (Å²) in [7, 11) is 0. The van der Waals surface area contributed by atoms with Crippen molar-refractivity contribution in [3.63, 3.8) is 0 Å². The summed E-state index contributed by atoms with van der Waals surface area (Å²) in [6.07, 6.45) is 0.436. The van der Waals surface area contributed by atoms with E-state index in [0.717, 1.165) is 25.5 Å². The van der Waals surface area contributed by atoms with E-state index in [-0.39, 0.29) is 6.10 Å². The second-order valence-corrected chi connectivity index (χ2v) is 5.81. The van der Waals surface area contributed by atoms with Gasteiger partial charge in [-0.3, -0.25) is 0 Å². The smallest absolute Gasteiger partial charge is 0.0709 e. The predicted octanol–water partition coefficient (Wildman–Crippen LogP) is 4.16. The predicted molar refractivity (Wildman–Crippen MR) is 74.3 cm³/mol. The molecule has 2 N–H and O–H groups in total. The van der Waals surface area contributed by atoms with Gasteiger partial charge in [0.15, 0.2) is 0 Å². The molecule has 1 rings (SSSR count). The highest BCUT2D eigenvalue weighted by Gasteiger charge is 2.08. The van der Waals surface area contributed by atoms with Gasteiger partial charge in [0.2, 0.25) is 0 Å². The highest BCUT2D eigenvalue weighted by atomic mass is 79.9. The van der Waals surface area contributed by atoms with Crippen LogP contribution in [-0.4, -0.2) is 17.8 Å². The van der Waals surface area contributed by atoms with Gasteiger partial charge in [-0.2, -0.15) is 0 Å². The number of anilines is 1. The molecule has 0 saturated heterocycles. The van der Waals surface area contributed by atoms with Gasteiger partial charge in [0, 0.05) is 20.0 Å². The lowest BCUT2D eigenvalue weighted by molar-refractivity contribution is 0.183. The van der Waals surface area contributed by atoms with Crippen LogP contribution in [0.1, 0.15) is 13.3 Å². The molecule has 0 saturated carbocycles. The molecule has 0 aliphatic heterocycles. The summed E-state index contributed by atoms with van der Waals surface area (Å²) in [6.45, 7) is 2.51. The summed E-state index contributed by atoms with van der Waals surface area (Å²) in [5.41, 5.74) is 0.964. The van der Waals surface area contributed by atoms with Gasteiger partial charge in [-0.25, -0.2) is 0 Å². The minimum absolute atomic E-state index is 0.313. The first kappa shape index (κ1) is 13.5. The van der Waals surface area contributed by atoms with Gasteiger partial charge in [0.05, 0.1) is 11.8 Å². The molecule has 0 amide bonds. The van der Waals surface area contributed by atoms with E-state index >= 15 is 0 Å². The maximum Gasteiger partial charge on any atom is 0.0709 e. The van der Waals surface area contributed by atoms with Crippen molar-refractivity contribution >= 4 is 53.5 Å². The molecule has 0 aliphatic rings. The van der Waals surface area contributed by atoms with Crippen molar-refractivity contribution in [1.29, 1.82) is 0 Å². The molecule has 0 bridgehead atoms. The van der Waals surface area contributed by atoms with Crippen LogP contribution in [-0.2, 0) is 0 Å². The molecular formula is C10H12Br3NO. The number of aliphatic hydroxyl groups excluding tert-OH is 1. The Morgan fingerprint density at radius 1 is 1.27 bits per heavy atom. The van der Waals surface area contributed by atoms with Gasteiger partial charge in [-0.15, -0.1) is 0 Å². The van der Waals surface area contributed by atoms with Crippen molar-refractivity contribution in [2.24, 2.45) is 0 Å². The first-order valence-electron chi connectivity index (χ1n) is 4.61. The third-order valence-electron chi connectivity index (χ3n) is 1.99. The van der Waals surface area contributed by atoms with E-state index in [1.54, 1.807) is 0 Å². The van der Waals surface area contributed by atoms with Crippen LogP contribution in [0.25, 0.3) is 0 Å². The maximum absolute atomic E-state index is 9.45. The largest absolute Gasteiger partial charge is 0.391 e. The fourth-order valence-corrected chi connectivity index (χ4v) is 3.61. The Balaban J connectivity index is 2.77. The lowest BCUT2D eigenvalue weighted by atomic mass is 10.2. The van der Waals surface area contributed by atoms with Crippen molar-refractivity contribution in [2.45, 2.75) is 19.4 Å². The second kappa shape index (κ2) is 6.23. The van der Waals surface area contributed by atoms with Crippen LogP contribution in [0.5, 0.6) is 0 Å². The van der Waals surface area contributed by atoms with E-state index in [2.05, 4.69) is 53.1 Å². The Bertz CT molecular complexity index is 320. The Labute approximate surface area is 115 Å². The molecule has 15 heavy (non-hydrogen) atoms. The molecule has 1 aromatic carbocycles. The van der Waals surface area contributed by atoms with Crippen LogP contribution in [0.15, 0.2) is 25.6 Å². The third kappa shape index (κ3) is 4.06. The quantitative estimate of drug-likeness (QED) is 0.794. The second-order valence-electron chi connectivity index (χ2n) is 3.19. The van der Waals surface area contributed by atoms with Gasteiger partial charge >= 0.3 is 0 Å². The van der Waals surface area contributed by atoms with Gasteiger partial charge in [-0.05, 0) is 50.4 Å². The van der Waals surface area contributed by atoms with Gasteiger partial charge in [0.25, 0.3) is 0 Å². The average molecular weight is 402 g/mol. The molecule has 0 aromatic heterocycles. The molecule has 0 spiro atoms. The van der Waals surface area contributed by atoms with Crippen LogP contribution in [0.2, 0.25) is 0 Å². The molecule has 0 fully saturated rings. The fraction of sp³-hybridized carbons (Fsp3) is 0.400. The summed E-state index contributed by atoms with van der Waals surface area (Å²) < 4.78 is 2.93. The Hall–Kier alpha value is 0.420. The zero-order chi connectivity index (χ0) is 11.4. The molecule has 1 unspecified atom stereocenters. The monoisotopic (exact) mass is 399 g/mol. The number of nitrogens with one attached hydrogen (secondary N) is 1.